The van der Waals surface area contributed by atoms with Crippen LogP contribution in [0.1, 0.15) is 33.6 Å². The number of hydrogen-bond acceptors (Lipinski definition) is 4. The predicted octanol–water partition coefficient (Wildman–Crippen LogP) is 1.42. The average Bonchev–Trinajstić information content (AvgIpc) is 2.44. The lowest BCUT2D eigenvalue weighted by atomic mass is 9.95. The van der Waals surface area contributed by atoms with Gasteiger partial charge in [-0.1, -0.05) is 0 Å². The normalized spacial score (nSPS) is 24.1. The molecular weight excluding hydrogens is 250 g/mol. The van der Waals surface area contributed by atoms with Crippen LogP contribution in [0.3, 0.4) is 0 Å². The second-order valence-corrected chi connectivity index (χ2v) is 7.37. The lowest BCUT2D eigenvalue weighted by Gasteiger charge is -2.35. The fourth-order valence-electron chi connectivity index (χ4n) is 2.97. The number of hydrogen-bond donors (Lipinski definition) is 1. The molecule has 0 atom stereocenters. The third-order valence-corrected chi connectivity index (χ3v) is 4.46. The number of morpholine rings is 1. The minimum atomic E-state index is 0.257. The molecular formula is C16H33N3O. The summed E-state index contributed by atoms with van der Waals surface area (Å²) in [5.41, 5.74) is 0.257. The third-order valence-electron chi connectivity index (χ3n) is 4.46. The molecule has 2 rings (SSSR count). The Labute approximate surface area is 124 Å². The van der Waals surface area contributed by atoms with Crippen LogP contribution in [0.2, 0.25) is 0 Å². The van der Waals surface area contributed by atoms with Crippen LogP contribution >= 0.6 is 0 Å². The van der Waals surface area contributed by atoms with E-state index in [2.05, 4.69) is 35.9 Å². The molecule has 2 aliphatic rings. The molecule has 0 amide bonds. The highest BCUT2D eigenvalue weighted by molar-refractivity contribution is 4.78. The van der Waals surface area contributed by atoms with Gasteiger partial charge in [0.05, 0.1) is 13.2 Å². The van der Waals surface area contributed by atoms with Crippen molar-refractivity contribution in [1.29, 1.82) is 0 Å². The van der Waals surface area contributed by atoms with Gasteiger partial charge < -0.3 is 15.0 Å². The van der Waals surface area contributed by atoms with Gasteiger partial charge in [0, 0.05) is 31.7 Å². The zero-order valence-electron chi connectivity index (χ0n) is 13.7. The zero-order valence-corrected chi connectivity index (χ0v) is 13.7. The molecule has 0 aromatic rings. The summed E-state index contributed by atoms with van der Waals surface area (Å²) in [7, 11) is 0. The van der Waals surface area contributed by atoms with Gasteiger partial charge in [0.1, 0.15) is 0 Å². The minimum absolute atomic E-state index is 0.257. The summed E-state index contributed by atoms with van der Waals surface area (Å²) in [6, 6.07) is 0. The molecule has 118 valence electrons. The maximum Gasteiger partial charge on any atom is 0.0594 e. The van der Waals surface area contributed by atoms with Crippen molar-refractivity contribution in [2.75, 3.05) is 59.0 Å². The van der Waals surface area contributed by atoms with Crippen LogP contribution in [-0.4, -0.2) is 74.4 Å². The van der Waals surface area contributed by atoms with E-state index in [1.807, 2.05) is 0 Å². The Morgan fingerprint density at radius 2 is 1.50 bits per heavy atom. The van der Waals surface area contributed by atoms with Crippen LogP contribution in [0.15, 0.2) is 0 Å². The first kappa shape index (κ1) is 16.2. The lowest BCUT2D eigenvalue weighted by molar-refractivity contribution is 0.0313. The van der Waals surface area contributed by atoms with Crippen molar-refractivity contribution in [3.63, 3.8) is 0 Å². The van der Waals surface area contributed by atoms with Gasteiger partial charge in [-0.25, -0.2) is 0 Å². The second kappa shape index (κ2) is 7.74. The summed E-state index contributed by atoms with van der Waals surface area (Å²) in [5, 5.41) is 3.65. The van der Waals surface area contributed by atoms with Crippen molar-refractivity contribution in [2.45, 2.75) is 39.2 Å². The topological polar surface area (TPSA) is 27.7 Å². The molecule has 0 bridgehead atoms. The minimum Gasteiger partial charge on any atom is -0.379 e. The van der Waals surface area contributed by atoms with Crippen LogP contribution in [-0.2, 0) is 4.74 Å². The summed E-state index contributed by atoms with van der Waals surface area (Å²) >= 11 is 0. The van der Waals surface area contributed by atoms with E-state index in [-0.39, 0.29) is 5.54 Å². The summed E-state index contributed by atoms with van der Waals surface area (Å²) in [5.74, 6) is 0.869. The Kier molecular flexibility index (Phi) is 6.27. The van der Waals surface area contributed by atoms with Gasteiger partial charge in [-0.3, -0.25) is 4.90 Å². The zero-order chi connectivity index (χ0) is 14.4. The SMILES string of the molecule is CC(C)(C)NCC1CCN(CCN2CCOCC2)CC1. The molecule has 20 heavy (non-hydrogen) atoms. The van der Waals surface area contributed by atoms with Gasteiger partial charge in [0.25, 0.3) is 0 Å². The average molecular weight is 283 g/mol. The monoisotopic (exact) mass is 283 g/mol. The van der Waals surface area contributed by atoms with Crippen LogP contribution in [0, 0.1) is 5.92 Å². The summed E-state index contributed by atoms with van der Waals surface area (Å²) in [4.78, 5) is 5.18. The number of nitrogens with one attached hydrogen (secondary N) is 1. The molecule has 0 aromatic carbocycles. The first-order valence-electron chi connectivity index (χ1n) is 8.30. The Hall–Kier alpha value is -0.160. The van der Waals surface area contributed by atoms with Crippen molar-refractivity contribution < 1.29 is 4.74 Å². The smallest absolute Gasteiger partial charge is 0.0594 e. The second-order valence-electron chi connectivity index (χ2n) is 7.37. The van der Waals surface area contributed by atoms with Crippen LogP contribution in [0.5, 0.6) is 0 Å². The largest absolute Gasteiger partial charge is 0.379 e. The van der Waals surface area contributed by atoms with Gasteiger partial charge in [-0.05, 0) is 59.2 Å². The molecule has 0 saturated carbocycles. The summed E-state index contributed by atoms with van der Waals surface area (Å²) in [6.07, 6.45) is 2.71. The van der Waals surface area contributed by atoms with Crippen LogP contribution in [0.25, 0.3) is 0 Å². The molecule has 1 N–H and O–H groups in total. The van der Waals surface area contributed by atoms with Gasteiger partial charge in [0.15, 0.2) is 0 Å². The van der Waals surface area contributed by atoms with Gasteiger partial charge in [-0.15, -0.1) is 0 Å². The molecule has 2 fully saturated rings. The standard InChI is InChI=1S/C16H33N3O/c1-16(2,3)17-14-15-4-6-18(7-5-15)8-9-19-10-12-20-13-11-19/h15,17H,4-14H2,1-3H3. The van der Waals surface area contributed by atoms with E-state index >= 15 is 0 Å². The molecule has 2 saturated heterocycles. The fourth-order valence-corrected chi connectivity index (χ4v) is 2.97. The van der Waals surface area contributed by atoms with Gasteiger partial charge >= 0.3 is 0 Å². The predicted molar refractivity (Wildman–Crippen MR) is 84.2 cm³/mol. The summed E-state index contributed by atoms with van der Waals surface area (Å²) < 4.78 is 5.40. The van der Waals surface area contributed by atoms with Crippen molar-refractivity contribution >= 4 is 0 Å². The Morgan fingerprint density at radius 1 is 0.950 bits per heavy atom. The van der Waals surface area contributed by atoms with Gasteiger partial charge in [0.2, 0.25) is 0 Å². The fraction of sp³-hybridized carbons (Fsp3) is 1.00. The molecule has 4 heteroatoms. The van der Waals surface area contributed by atoms with E-state index in [0.29, 0.717) is 0 Å². The highest BCUT2D eigenvalue weighted by atomic mass is 16.5. The van der Waals surface area contributed by atoms with Crippen molar-refractivity contribution in [2.24, 2.45) is 5.92 Å². The van der Waals surface area contributed by atoms with E-state index < -0.39 is 0 Å². The Bertz CT molecular complexity index is 263. The molecule has 0 aliphatic carbocycles. The molecule has 0 unspecified atom stereocenters. The van der Waals surface area contributed by atoms with Crippen molar-refractivity contribution in [3.8, 4) is 0 Å². The number of piperidine rings is 1. The number of ether oxygens (including phenoxy) is 1. The maximum atomic E-state index is 5.40. The highest BCUT2D eigenvalue weighted by Crippen LogP contribution is 2.17. The maximum absolute atomic E-state index is 5.40. The van der Waals surface area contributed by atoms with E-state index in [1.165, 1.54) is 45.6 Å². The lowest BCUT2D eigenvalue weighted by Crippen LogP contribution is -2.45. The molecule has 0 aromatic heterocycles. The van der Waals surface area contributed by atoms with E-state index in [1.54, 1.807) is 0 Å². The number of nitrogens with zero attached hydrogens (tertiary/aromatic N) is 2. The molecule has 0 spiro atoms. The number of rotatable bonds is 5. The van der Waals surface area contributed by atoms with Crippen LogP contribution in [0.4, 0.5) is 0 Å². The highest BCUT2D eigenvalue weighted by Gasteiger charge is 2.21. The molecule has 4 nitrogen and oxygen atoms in total. The number of likely N-dealkylation sites (tertiary alicyclic amines) is 1. The van der Waals surface area contributed by atoms with E-state index in [0.717, 1.165) is 32.2 Å². The molecule has 2 heterocycles. The first-order chi connectivity index (χ1) is 9.53. The first-order valence-corrected chi connectivity index (χ1v) is 8.30. The Balaban J connectivity index is 1.57. The Morgan fingerprint density at radius 3 is 2.05 bits per heavy atom. The quantitative estimate of drug-likeness (QED) is 0.826. The van der Waals surface area contributed by atoms with E-state index in [9.17, 15) is 0 Å². The van der Waals surface area contributed by atoms with Crippen molar-refractivity contribution in [3.05, 3.63) is 0 Å². The van der Waals surface area contributed by atoms with E-state index in [4.69, 9.17) is 4.74 Å². The van der Waals surface area contributed by atoms with Gasteiger partial charge in [-0.2, -0.15) is 0 Å². The van der Waals surface area contributed by atoms with Crippen LogP contribution < -0.4 is 5.32 Å². The third kappa shape index (κ3) is 6.08. The summed E-state index contributed by atoms with van der Waals surface area (Å²) in [6.45, 7) is 17.0. The molecule has 0 radical (unpaired) electrons. The molecule has 2 aliphatic heterocycles. The van der Waals surface area contributed by atoms with Crippen molar-refractivity contribution in [1.82, 2.24) is 15.1 Å².